The summed E-state index contributed by atoms with van der Waals surface area (Å²) in [6.45, 7) is 5.30. The minimum Gasteiger partial charge on any atom is -0.497 e. The van der Waals surface area contributed by atoms with Crippen LogP contribution in [0.5, 0.6) is 17.2 Å². The number of sulfonamides is 1. The molecular formula is C26H28N2O6S. The molecule has 0 atom stereocenters. The summed E-state index contributed by atoms with van der Waals surface area (Å²) in [6.07, 6.45) is 1.61. The number of nitrogens with one attached hydrogen (secondary N) is 1. The van der Waals surface area contributed by atoms with Gasteiger partial charge in [0.15, 0.2) is 0 Å². The minimum absolute atomic E-state index is 0.0496. The fourth-order valence-electron chi connectivity index (χ4n) is 3.28. The molecule has 0 unspecified atom stereocenters. The predicted octanol–water partition coefficient (Wildman–Crippen LogP) is 4.41. The van der Waals surface area contributed by atoms with E-state index in [-0.39, 0.29) is 16.3 Å². The molecule has 3 rings (SSSR count). The van der Waals surface area contributed by atoms with Gasteiger partial charge in [-0.25, -0.2) is 8.42 Å². The molecule has 1 amide bonds. The summed E-state index contributed by atoms with van der Waals surface area (Å²) in [5, 5.41) is 2.74. The van der Waals surface area contributed by atoms with Gasteiger partial charge in [-0.1, -0.05) is 36.4 Å². The average Bonchev–Trinajstić information content (AvgIpc) is 2.86. The average molecular weight is 497 g/mol. The lowest BCUT2D eigenvalue weighted by molar-refractivity contribution is -0.114. The predicted molar refractivity (Wildman–Crippen MR) is 136 cm³/mol. The highest BCUT2D eigenvalue weighted by atomic mass is 32.2. The van der Waals surface area contributed by atoms with Gasteiger partial charge in [0.05, 0.1) is 24.8 Å². The van der Waals surface area contributed by atoms with E-state index in [1.807, 2.05) is 6.92 Å². The van der Waals surface area contributed by atoms with Crippen LogP contribution < -0.4 is 23.8 Å². The molecule has 9 heteroatoms. The van der Waals surface area contributed by atoms with Crippen LogP contribution in [0.15, 0.2) is 84.3 Å². The lowest BCUT2D eigenvalue weighted by atomic mass is 10.2. The molecule has 0 bridgehead atoms. The van der Waals surface area contributed by atoms with Gasteiger partial charge in [-0.05, 0) is 43.3 Å². The number of benzene rings is 3. The maximum atomic E-state index is 13.7. The van der Waals surface area contributed by atoms with Crippen molar-refractivity contribution < 1.29 is 27.4 Å². The molecule has 3 aromatic rings. The van der Waals surface area contributed by atoms with Crippen molar-refractivity contribution in [3.8, 4) is 17.2 Å². The fraction of sp³-hybridized carbons (Fsp3) is 0.192. The van der Waals surface area contributed by atoms with Crippen molar-refractivity contribution in [1.29, 1.82) is 0 Å². The van der Waals surface area contributed by atoms with Crippen molar-refractivity contribution in [3.05, 3.63) is 84.9 Å². The van der Waals surface area contributed by atoms with Gasteiger partial charge in [-0.15, -0.1) is 0 Å². The largest absolute Gasteiger partial charge is 0.497 e. The smallest absolute Gasteiger partial charge is 0.264 e. The molecule has 0 heterocycles. The Morgan fingerprint density at radius 1 is 1.00 bits per heavy atom. The van der Waals surface area contributed by atoms with Gasteiger partial charge < -0.3 is 19.5 Å². The minimum atomic E-state index is -4.11. The molecule has 0 saturated carbocycles. The first-order valence-corrected chi connectivity index (χ1v) is 12.2. The topological polar surface area (TPSA) is 94.2 Å². The lowest BCUT2D eigenvalue weighted by Gasteiger charge is -2.26. The maximum absolute atomic E-state index is 13.7. The third-order valence-corrected chi connectivity index (χ3v) is 6.81. The highest BCUT2D eigenvalue weighted by Gasteiger charge is 2.29. The van der Waals surface area contributed by atoms with Crippen LogP contribution in [0.2, 0.25) is 0 Å². The molecule has 35 heavy (non-hydrogen) atoms. The number of methoxy groups -OCH3 is 2. The Bertz CT molecular complexity index is 1290. The standard InChI is InChI=1S/C26H28N2O6S/c1-5-15-34-22-8-6-7-20(16-22)27-26(29)18-28(24-14-11-21(32-3)17-25(24)33-4)35(30,31)23-12-9-19(2)10-13-23/h5-14,16-17H,1,15,18H2,2-4H3,(H,27,29). The van der Waals surface area contributed by atoms with Crippen molar-refractivity contribution in [1.82, 2.24) is 0 Å². The Kier molecular flexibility index (Phi) is 8.38. The van der Waals surface area contributed by atoms with Gasteiger partial charge in [0, 0.05) is 17.8 Å². The van der Waals surface area contributed by atoms with Crippen LogP contribution >= 0.6 is 0 Å². The fourth-order valence-corrected chi connectivity index (χ4v) is 4.71. The van der Waals surface area contributed by atoms with Crippen LogP contribution in [0.3, 0.4) is 0 Å². The van der Waals surface area contributed by atoms with Crippen molar-refractivity contribution in [2.45, 2.75) is 11.8 Å². The quantitative estimate of drug-likeness (QED) is 0.395. The van der Waals surface area contributed by atoms with Gasteiger partial charge >= 0.3 is 0 Å². The van der Waals surface area contributed by atoms with Crippen LogP contribution in [0.1, 0.15) is 5.56 Å². The number of anilines is 2. The van der Waals surface area contributed by atoms with E-state index < -0.39 is 22.5 Å². The molecule has 0 spiro atoms. The van der Waals surface area contributed by atoms with E-state index >= 15 is 0 Å². The van der Waals surface area contributed by atoms with Crippen LogP contribution in [-0.4, -0.2) is 41.7 Å². The summed E-state index contributed by atoms with van der Waals surface area (Å²) < 4.78 is 44.5. The Balaban J connectivity index is 1.97. The number of amides is 1. The van der Waals surface area contributed by atoms with Crippen molar-refractivity contribution in [2.24, 2.45) is 0 Å². The third kappa shape index (κ3) is 6.33. The number of ether oxygens (including phenoxy) is 3. The summed E-state index contributed by atoms with van der Waals surface area (Å²) in [4.78, 5) is 13.1. The number of carbonyl (C=O) groups is 1. The number of aryl methyl sites for hydroxylation is 1. The zero-order chi connectivity index (χ0) is 25.4. The van der Waals surface area contributed by atoms with Gasteiger partial charge in [-0.2, -0.15) is 0 Å². The molecule has 0 radical (unpaired) electrons. The molecule has 0 aliphatic carbocycles. The Labute approximate surface area is 205 Å². The highest BCUT2D eigenvalue weighted by Crippen LogP contribution is 2.35. The second-order valence-electron chi connectivity index (χ2n) is 7.54. The van der Waals surface area contributed by atoms with E-state index in [9.17, 15) is 13.2 Å². The van der Waals surface area contributed by atoms with Crippen LogP contribution in [0.4, 0.5) is 11.4 Å². The molecule has 3 aromatic carbocycles. The summed E-state index contributed by atoms with van der Waals surface area (Å²) in [6, 6.07) is 17.9. The van der Waals surface area contributed by atoms with Gasteiger partial charge in [0.1, 0.15) is 30.4 Å². The van der Waals surface area contributed by atoms with Gasteiger partial charge in [0.25, 0.3) is 10.0 Å². The maximum Gasteiger partial charge on any atom is 0.264 e. The van der Waals surface area contributed by atoms with E-state index in [0.29, 0.717) is 23.8 Å². The van der Waals surface area contributed by atoms with E-state index in [0.717, 1.165) is 9.87 Å². The molecule has 8 nitrogen and oxygen atoms in total. The first-order valence-electron chi connectivity index (χ1n) is 10.7. The second kappa shape index (κ2) is 11.4. The normalized spacial score (nSPS) is 10.8. The van der Waals surface area contributed by atoms with Crippen LogP contribution in [0.25, 0.3) is 0 Å². The lowest BCUT2D eigenvalue weighted by Crippen LogP contribution is -2.38. The summed E-state index contributed by atoms with van der Waals surface area (Å²) >= 11 is 0. The van der Waals surface area contributed by atoms with E-state index in [2.05, 4.69) is 11.9 Å². The molecular weight excluding hydrogens is 468 g/mol. The number of hydrogen-bond acceptors (Lipinski definition) is 6. The van der Waals surface area contributed by atoms with E-state index in [1.54, 1.807) is 60.7 Å². The zero-order valence-electron chi connectivity index (χ0n) is 19.9. The molecule has 184 valence electrons. The molecule has 1 N–H and O–H groups in total. The molecule has 0 aliphatic rings. The van der Waals surface area contributed by atoms with Crippen LogP contribution in [-0.2, 0) is 14.8 Å². The van der Waals surface area contributed by atoms with Crippen molar-refractivity contribution in [2.75, 3.05) is 37.0 Å². The number of nitrogens with zero attached hydrogens (tertiary/aromatic N) is 1. The molecule has 0 aromatic heterocycles. The number of carbonyl (C=O) groups excluding carboxylic acids is 1. The van der Waals surface area contributed by atoms with Crippen LogP contribution in [0, 0.1) is 6.92 Å². The molecule has 0 aliphatic heterocycles. The summed E-state index contributed by atoms with van der Waals surface area (Å²) in [5.74, 6) is 0.731. The third-order valence-electron chi connectivity index (χ3n) is 5.04. The number of rotatable bonds is 11. The second-order valence-corrected chi connectivity index (χ2v) is 9.40. The summed E-state index contributed by atoms with van der Waals surface area (Å²) in [7, 11) is -1.20. The first kappa shape index (κ1) is 25.6. The van der Waals surface area contributed by atoms with Crippen molar-refractivity contribution in [3.63, 3.8) is 0 Å². The zero-order valence-corrected chi connectivity index (χ0v) is 20.7. The van der Waals surface area contributed by atoms with Gasteiger partial charge in [0.2, 0.25) is 5.91 Å². The Hall–Kier alpha value is -3.98. The van der Waals surface area contributed by atoms with Crippen molar-refractivity contribution >= 4 is 27.3 Å². The number of hydrogen-bond donors (Lipinski definition) is 1. The van der Waals surface area contributed by atoms with Gasteiger partial charge in [-0.3, -0.25) is 9.10 Å². The molecule has 0 fully saturated rings. The Morgan fingerprint density at radius 3 is 2.40 bits per heavy atom. The summed E-state index contributed by atoms with van der Waals surface area (Å²) in [5.41, 5.74) is 1.58. The SMILES string of the molecule is C=CCOc1cccc(NC(=O)CN(c2ccc(OC)cc2OC)S(=O)(=O)c2ccc(C)cc2)c1. The highest BCUT2D eigenvalue weighted by molar-refractivity contribution is 7.92. The molecule has 0 saturated heterocycles. The monoisotopic (exact) mass is 496 g/mol. The first-order chi connectivity index (χ1) is 16.8. The Morgan fingerprint density at radius 2 is 1.74 bits per heavy atom. The van der Waals surface area contributed by atoms with E-state index in [1.165, 1.54) is 26.4 Å². The van der Waals surface area contributed by atoms with E-state index in [4.69, 9.17) is 14.2 Å².